The Labute approximate surface area is 99.9 Å². The Morgan fingerprint density at radius 3 is 2.56 bits per heavy atom. The Balaban J connectivity index is 2.12. The number of para-hydroxylation sites is 1. The third-order valence-electron chi connectivity index (χ3n) is 3.10. The normalized spacial score (nSPS) is 14.8. The van der Waals surface area contributed by atoms with Crippen LogP contribution >= 0.6 is 11.6 Å². The largest absolute Gasteiger partial charge is 0.222 e. The molecular formula is C13H13ClN2. The maximum Gasteiger partial charge on any atom is 0.136 e. The Bertz CT molecular complexity index is 502. The lowest BCUT2D eigenvalue weighted by molar-refractivity contribution is 0.671. The molecule has 1 aliphatic rings. The van der Waals surface area contributed by atoms with E-state index in [4.69, 9.17) is 11.6 Å². The van der Waals surface area contributed by atoms with Crippen molar-refractivity contribution in [1.82, 2.24) is 9.78 Å². The van der Waals surface area contributed by atoms with Gasteiger partial charge >= 0.3 is 0 Å². The summed E-state index contributed by atoms with van der Waals surface area (Å²) >= 11 is 6.38. The van der Waals surface area contributed by atoms with E-state index in [1.807, 2.05) is 35.0 Å². The van der Waals surface area contributed by atoms with Gasteiger partial charge < -0.3 is 0 Å². The van der Waals surface area contributed by atoms with E-state index >= 15 is 0 Å². The molecule has 0 bridgehead atoms. The Morgan fingerprint density at radius 2 is 1.81 bits per heavy atom. The summed E-state index contributed by atoms with van der Waals surface area (Å²) in [5, 5.41) is 5.40. The lowest BCUT2D eigenvalue weighted by Gasteiger charge is -2.07. The number of halogens is 1. The molecule has 0 aliphatic heterocycles. The minimum Gasteiger partial charge on any atom is -0.222 e. The maximum absolute atomic E-state index is 6.38. The van der Waals surface area contributed by atoms with Crippen LogP contribution in [0.4, 0.5) is 0 Å². The smallest absolute Gasteiger partial charge is 0.136 e. The Kier molecular flexibility index (Phi) is 2.44. The number of hydrogen-bond acceptors (Lipinski definition) is 1. The summed E-state index contributed by atoms with van der Waals surface area (Å²) in [7, 11) is 0. The molecular weight excluding hydrogens is 220 g/mol. The van der Waals surface area contributed by atoms with Crippen LogP contribution in [0.3, 0.4) is 0 Å². The molecule has 2 nitrogen and oxygen atoms in total. The third-order valence-corrected chi connectivity index (χ3v) is 3.48. The van der Waals surface area contributed by atoms with Crippen LogP contribution in [0.5, 0.6) is 0 Å². The predicted octanol–water partition coefficient (Wildman–Crippen LogP) is 3.40. The van der Waals surface area contributed by atoms with Crippen molar-refractivity contribution in [2.75, 3.05) is 0 Å². The molecule has 2 aromatic rings. The first-order chi connectivity index (χ1) is 7.86. The summed E-state index contributed by atoms with van der Waals surface area (Å²) in [6.07, 6.45) is 4.60. The SMILES string of the molecule is Clc1c2c(nn1-c1ccccc1)CCCC2. The average molecular weight is 233 g/mol. The molecule has 0 spiro atoms. The minimum absolute atomic E-state index is 0.793. The second-order valence-corrected chi connectivity index (χ2v) is 4.53. The molecule has 1 heterocycles. The zero-order valence-corrected chi connectivity index (χ0v) is 9.74. The molecule has 1 aliphatic carbocycles. The van der Waals surface area contributed by atoms with Crippen LogP contribution in [-0.2, 0) is 12.8 Å². The zero-order valence-electron chi connectivity index (χ0n) is 8.99. The summed E-state index contributed by atoms with van der Waals surface area (Å²) in [5.74, 6) is 0. The van der Waals surface area contributed by atoms with Crippen molar-refractivity contribution in [3.05, 3.63) is 46.7 Å². The fourth-order valence-corrected chi connectivity index (χ4v) is 2.59. The molecule has 3 rings (SSSR count). The van der Waals surface area contributed by atoms with Crippen LogP contribution in [0, 0.1) is 0 Å². The van der Waals surface area contributed by atoms with Gasteiger partial charge in [0.25, 0.3) is 0 Å². The van der Waals surface area contributed by atoms with Crippen LogP contribution in [0.15, 0.2) is 30.3 Å². The van der Waals surface area contributed by atoms with E-state index in [9.17, 15) is 0 Å². The van der Waals surface area contributed by atoms with Gasteiger partial charge in [-0.15, -0.1) is 0 Å². The first kappa shape index (κ1) is 9.91. The lowest BCUT2D eigenvalue weighted by atomic mass is 9.99. The number of aromatic nitrogens is 2. The van der Waals surface area contributed by atoms with Gasteiger partial charge in [0.15, 0.2) is 0 Å². The van der Waals surface area contributed by atoms with E-state index in [0.29, 0.717) is 0 Å². The summed E-state index contributed by atoms with van der Waals surface area (Å²) in [6.45, 7) is 0. The van der Waals surface area contributed by atoms with Crippen LogP contribution in [-0.4, -0.2) is 9.78 Å². The minimum atomic E-state index is 0.793. The van der Waals surface area contributed by atoms with E-state index in [1.54, 1.807) is 0 Å². The van der Waals surface area contributed by atoms with Crippen molar-refractivity contribution in [3.63, 3.8) is 0 Å². The molecule has 1 aromatic heterocycles. The van der Waals surface area contributed by atoms with Crippen molar-refractivity contribution < 1.29 is 0 Å². The highest BCUT2D eigenvalue weighted by atomic mass is 35.5. The van der Waals surface area contributed by atoms with E-state index in [2.05, 4.69) is 5.10 Å². The number of fused-ring (bicyclic) bond motifs is 1. The molecule has 16 heavy (non-hydrogen) atoms. The van der Waals surface area contributed by atoms with Gasteiger partial charge in [0.2, 0.25) is 0 Å². The number of benzene rings is 1. The lowest BCUT2D eigenvalue weighted by Crippen LogP contribution is -2.00. The van der Waals surface area contributed by atoms with Gasteiger partial charge in [0.1, 0.15) is 5.15 Å². The molecule has 0 unspecified atom stereocenters. The number of aryl methyl sites for hydroxylation is 1. The zero-order chi connectivity index (χ0) is 11.0. The molecule has 0 fully saturated rings. The monoisotopic (exact) mass is 232 g/mol. The molecule has 82 valence electrons. The van der Waals surface area contributed by atoms with Crippen molar-refractivity contribution in [1.29, 1.82) is 0 Å². The standard InChI is InChI=1S/C13H13ClN2/c14-13-11-8-4-5-9-12(11)15-16(13)10-6-2-1-3-7-10/h1-3,6-7H,4-5,8-9H2. The highest BCUT2D eigenvalue weighted by Gasteiger charge is 2.19. The number of rotatable bonds is 1. The van der Waals surface area contributed by atoms with Crippen molar-refractivity contribution in [2.24, 2.45) is 0 Å². The Morgan fingerprint density at radius 1 is 1.06 bits per heavy atom. The molecule has 0 atom stereocenters. The van der Waals surface area contributed by atoms with Crippen LogP contribution in [0.2, 0.25) is 5.15 Å². The van der Waals surface area contributed by atoms with E-state index < -0.39 is 0 Å². The van der Waals surface area contributed by atoms with Crippen LogP contribution in [0.25, 0.3) is 5.69 Å². The topological polar surface area (TPSA) is 17.8 Å². The summed E-state index contributed by atoms with van der Waals surface area (Å²) in [4.78, 5) is 0. The van der Waals surface area contributed by atoms with Gasteiger partial charge in [0.05, 0.1) is 11.4 Å². The average Bonchev–Trinajstić information content (AvgIpc) is 2.69. The van der Waals surface area contributed by atoms with Gasteiger partial charge in [-0.2, -0.15) is 5.10 Å². The number of hydrogen-bond donors (Lipinski definition) is 0. The van der Waals surface area contributed by atoms with Crippen LogP contribution in [0.1, 0.15) is 24.1 Å². The molecule has 1 aromatic carbocycles. The van der Waals surface area contributed by atoms with Gasteiger partial charge in [-0.1, -0.05) is 29.8 Å². The maximum atomic E-state index is 6.38. The van der Waals surface area contributed by atoms with Gasteiger partial charge in [0, 0.05) is 5.56 Å². The van der Waals surface area contributed by atoms with E-state index in [-0.39, 0.29) is 0 Å². The fourth-order valence-electron chi connectivity index (χ4n) is 2.25. The third kappa shape index (κ3) is 1.54. The van der Waals surface area contributed by atoms with E-state index in [1.165, 1.54) is 24.1 Å². The summed E-state index contributed by atoms with van der Waals surface area (Å²) < 4.78 is 1.86. The molecule has 0 amide bonds. The molecule has 0 radical (unpaired) electrons. The molecule has 0 saturated heterocycles. The van der Waals surface area contributed by atoms with Gasteiger partial charge in [-0.3, -0.25) is 0 Å². The first-order valence-corrected chi connectivity index (χ1v) is 6.06. The first-order valence-electron chi connectivity index (χ1n) is 5.68. The van der Waals surface area contributed by atoms with Crippen molar-refractivity contribution in [2.45, 2.75) is 25.7 Å². The highest BCUT2D eigenvalue weighted by molar-refractivity contribution is 6.30. The number of nitrogens with zero attached hydrogens (tertiary/aromatic N) is 2. The summed E-state index contributed by atoms with van der Waals surface area (Å²) in [6, 6.07) is 10.1. The predicted molar refractivity (Wildman–Crippen MR) is 65.2 cm³/mol. The second kappa shape index (κ2) is 3.95. The Hall–Kier alpha value is -1.28. The fraction of sp³-hybridized carbons (Fsp3) is 0.308. The highest BCUT2D eigenvalue weighted by Crippen LogP contribution is 2.29. The molecule has 0 saturated carbocycles. The van der Waals surface area contributed by atoms with Crippen molar-refractivity contribution in [3.8, 4) is 5.69 Å². The molecule has 3 heteroatoms. The van der Waals surface area contributed by atoms with Crippen molar-refractivity contribution >= 4 is 11.6 Å². The van der Waals surface area contributed by atoms with Gasteiger partial charge in [-0.05, 0) is 37.8 Å². The second-order valence-electron chi connectivity index (χ2n) is 4.17. The van der Waals surface area contributed by atoms with Gasteiger partial charge in [-0.25, -0.2) is 4.68 Å². The summed E-state index contributed by atoms with van der Waals surface area (Å²) in [5.41, 5.74) is 3.47. The van der Waals surface area contributed by atoms with E-state index in [0.717, 1.165) is 23.7 Å². The quantitative estimate of drug-likeness (QED) is 0.737. The van der Waals surface area contributed by atoms with Crippen LogP contribution < -0.4 is 0 Å². The molecule has 0 N–H and O–H groups in total.